The highest BCUT2D eigenvalue weighted by Crippen LogP contribution is 2.20. The quantitative estimate of drug-likeness (QED) is 0.751. The maximum Gasteiger partial charge on any atom is 0.224 e. The average molecular weight is 363 g/mol. The van der Waals surface area contributed by atoms with Gasteiger partial charge in [0.05, 0.1) is 0 Å². The summed E-state index contributed by atoms with van der Waals surface area (Å²) in [6.07, 6.45) is 1.79. The number of aromatic nitrogens is 2. The molecule has 1 aliphatic heterocycles. The van der Waals surface area contributed by atoms with Gasteiger partial charge in [0.25, 0.3) is 0 Å². The molecular weight excluding hydrogens is 341 g/mol. The van der Waals surface area contributed by atoms with Crippen molar-refractivity contribution >= 4 is 17.5 Å². The Balaban J connectivity index is 1.36. The number of nitrogens with zero attached hydrogens (tertiary/aromatic N) is 4. The van der Waals surface area contributed by atoms with Crippen molar-refractivity contribution < 1.29 is 4.39 Å². The van der Waals surface area contributed by atoms with Gasteiger partial charge in [-0.1, -0.05) is 30.3 Å². The molecule has 2 heterocycles. The molecule has 2 aromatic carbocycles. The van der Waals surface area contributed by atoms with Gasteiger partial charge in [-0.2, -0.15) is 4.98 Å². The van der Waals surface area contributed by atoms with Crippen LogP contribution in [0, 0.1) is 5.82 Å². The maximum atomic E-state index is 13.1. The van der Waals surface area contributed by atoms with E-state index in [0.29, 0.717) is 12.5 Å². The minimum atomic E-state index is -0.200. The van der Waals surface area contributed by atoms with Gasteiger partial charge in [0, 0.05) is 44.6 Å². The minimum absolute atomic E-state index is 0.200. The number of benzene rings is 2. The third-order valence-corrected chi connectivity index (χ3v) is 4.73. The normalized spacial score (nSPS) is 14.3. The van der Waals surface area contributed by atoms with E-state index in [9.17, 15) is 4.39 Å². The van der Waals surface area contributed by atoms with Crippen LogP contribution >= 0.6 is 0 Å². The highest BCUT2D eigenvalue weighted by atomic mass is 19.1. The summed E-state index contributed by atoms with van der Waals surface area (Å²) < 4.78 is 13.1. The van der Waals surface area contributed by atoms with Gasteiger partial charge < -0.3 is 15.1 Å². The Morgan fingerprint density at radius 3 is 2.30 bits per heavy atom. The fourth-order valence-corrected chi connectivity index (χ4v) is 3.23. The van der Waals surface area contributed by atoms with E-state index in [1.165, 1.54) is 17.7 Å². The second-order valence-electron chi connectivity index (χ2n) is 6.53. The van der Waals surface area contributed by atoms with Crippen molar-refractivity contribution in [2.24, 2.45) is 0 Å². The minimum Gasteiger partial charge on any atom is -0.368 e. The summed E-state index contributed by atoms with van der Waals surface area (Å²) in [6.45, 7) is 4.19. The van der Waals surface area contributed by atoms with E-state index in [2.05, 4.69) is 37.2 Å². The molecule has 6 heteroatoms. The largest absolute Gasteiger partial charge is 0.368 e. The zero-order valence-electron chi connectivity index (χ0n) is 15.1. The van der Waals surface area contributed by atoms with Gasteiger partial charge >= 0.3 is 0 Å². The van der Waals surface area contributed by atoms with Gasteiger partial charge in [0.15, 0.2) is 0 Å². The molecule has 1 N–H and O–H groups in total. The molecular formula is C21H22FN5. The van der Waals surface area contributed by atoms with E-state index in [1.54, 1.807) is 6.20 Å². The third-order valence-electron chi connectivity index (χ3n) is 4.73. The second kappa shape index (κ2) is 8.03. The van der Waals surface area contributed by atoms with Gasteiger partial charge in [-0.15, -0.1) is 0 Å². The lowest BCUT2D eigenvalue weighted by Gasteiger charge is -2.36. The monoisotopic (exact) mass is 363 g/mol. The Hall–Kier alpha value is -3.15. The molecule has 0 aliphatic carbocycles. The van der Waals surface area contributed by atoms with Crippen LogP contribution in [0.15, 0.2) is 66.9 Å². The molecule has 1 aliphatic rings. The smallest absolute Gasteiger partial charge is 0.224 e. The topological polar surface area (TPSA) is 44.3 Å². The van der Waals surface area contributed by atoms with E-state index in [4.69, 9.17) is 0 Å². The molecule has 0 saturated carbocycles. The lowest BCUT2D eigenvalue weighted by molar-refractivity contribution is 0.624. The molecule has 0 bridgehead atoms. The summed E-state index contributed by atoms with van der Waals surface area (Å²) in [4.78, 5) is 13.5. The van der Waals surface area contributed by atoms with Crippen LogP contribution < -0.4 is 15.1 Å². The van der Waals surface area contributed by atoms with Crippen molar-refractivity contribution in [3.8, 4) is 0 Å². The van der Waals surface area contributed by atoms with Gasteiger partial charge in [0.2, 0.25) is 5.95 Å². The van der Waals surface area contributed by atoms with Gasteiger partial charge in [-0.25, -0.2) is 9.37 Å². The Bertz CT molecular complexity index is 861. The number of halogens is 1. The first-order chi connectivity index (χ1) is 13.3. The summed E-state index contributed by atoms with van der Waals surface area (Å²) >= 11 is 0. The first-order valence-electron chi connectivity index (χ1n) is 9.14. The highest BCUT2D eigenvalue weighted by molar-refractivity contribution is 5.50. The molecule has 0 amide bonds. The van der Waals surface area contributed by atoms with Crippen LogP contribution in [0.25, 0.3) is 0 Å². The van der Waals surface area contributed by atoms with Crippen LogP contribution in [0.5, 0.6) is 0 Å². The van der Waals surface area contributed by atoms with E-state index in [-0.39, 0.29) is 5.82 Å². The predicted molar refractivity (Wildman–Crippen MR) is 107 cm³/mol. The highest BCUT2D eigenvalue weighted by Gasteiger charge is 2.18. The van der Waals surface area contributed by atoms with Gasteiger partial charge in [0.1, 0.15) is 11.6 Å². The number of hydrogen-bond donors (Lipinski definition) is 1. The van der Waals surface area contributed by atoms with Crippen LogP contribution in [0.3, 0.4) is 0 Å². The van der Waals surface area contributed by atoms with Crippen molar-refractivity contribution in [1.82, 2.24) is 9.97 Å². The molecule has 3 aromatic rings. The van der Waals surface area contributed by atoms with E-state index in [0.717, 1.165) is 37.7 Å². The molecule has 0 radical (unpaired) electrons. The lowest BCUT2D eigenvalue weighted by atomic mass is 10.2. The Morgan fingerprint density at radius 1 is 0.852 bits per heavy atom. The summed E-state index contributed by atoms with van der Waals surface area (Å²) in [5.41, 5.74) is 2.25. The summed E-state index contributed by atoms with van der Waals surface area (Å²) in [7, 11) is 0. The Morgan fingerprint density at radius 2 is 1.56 bits per heavy atom. The van der Waals surface area contributed by atoms with E-state index >= 15 is 0 Å². The first kappa shape index (κ1) is 17.3. The molecule has 1 aromatic heterocycles. The SMILES string of the molecule is Fc1ccc(N2CCN(c3ccnc(NCc4ccccc4)n3)CC2)cc1. The molecule has 4 rings (SSSR count). The molecule has 5 nitrogen and oxygen atoms in total. The summed E-state index contributed by atoms with van der Waals surface area (Å²) in [5, 5.41) is 3.29. The predicted octanol–water partition coefficient (Wildman–Crippen LogP) is 3.55. The number of anilines is 3. The van der Waals surface area contributed by atoms with Crippen LogP contribution in [-0.2, 0) is 6.54 Å². The van der Waals surface area contributed by atoms with E-state index < -0.39 is 0 Å². The lowest BCUT2D eigenvalue weighted by Crippen LogP contribution is -2.46. The average Bonchev–Trinajstić information content (AvgIpc) is 2.74. The Labute approximate surface area is 158 Å². The van der Waals surface area contributed by atoms with Gasteiger partial charge in [-0.05, 0) is 35.9 Å². The van der Waals surface area contributed by atoms with Crippen LogP contribution in [0.2, 0.25) is 0 Å². The van der Waals surface area contributed by atoms with Crippen LogP contribution in [0.1, 0.15) is 5.56 Å². The maximum absolute atomic E-state index is 13.1. The van der Waals surface area contributed by atoms with Gasteiger partial charge in [-0.3, -0.25) is 0 Å². The number of piperazine rings is 1. The molecule has 1 fully saturated rings. The van der Waals surface area contributed by atoms with Crippen LogP contribution in [-0.4, -0.2) is 36.1 Å². The molecule has 0 atom stereocenters. The second-order valence-corrected chi connectivity index (χ2v) is 6.53. The molecule has 0 unspecified atom stereocenters. The zero-order valence-corrected chi connectivity index (χ0v) is 15.1. The van der Waals surface area contributed by atoms with E-state index in [1.807, 2.05) is 36.4 Å². The van der Waals surface area contributed by atoms with Crippen molar-refractivity contribution in [1.29, 1.82) is 0 Å². The molecule has 138 valence electrons. The summed E-state index contributed by atoms with van der Waals surface area (Å²) in [6, 6.07) is 18.8. The van der Waals surface area contributed by atoms with Crippen molar-refractivity contribution in [2.75, 3.05) is 41.3 Å². The molecule has 0 spiro atoms. The molecule has 1 saturated heterocycles. The standard InChI is InChI=1S/C21H22FN5/c22-18-6-8-19(9-7-18)26-12-14-27(15-13-26)20-10-11-23-21(25-20)24-16-17-4-2-1-3-5-17/h1-11H,12-16H2,(H,23,24,25). The number of rotatable bonds is 5. The summed E-state index contributed by atoms with van der Waals surface area (Å²) in [5.74, 6) is 1.37. The fourth-order valence-electron chi connectivity index (χ4n) is 3.23. The number of hydrogen-bond acceptors (Lipinski definition) is 5. The van der Waals surface area contributed by atoms with Crippen LogP contribution in [0.4, 0.5) is 21.8 Å². The van der Waals surface area contributed by atoms with Crippen molar-refractivity contribution in [3.05, 3.63) is 78.2 Å². The first-order valence-corrected chi connectivity index (χ1v) is 9.14. The molecule has 27 heavy (non-hydrogen) atoms. The number of nitrogens with one attached hydrogen (secondary N) is 1. The zero-order chi connectivity index (χ0) is 18.5. The van der Waals surface area contributed by atoms with Crippen molar-refractivity contribution in [3.63, 3.8) is 0 Å². The van der Waals surface area contributed by atoms with Crippen molar-refractivity contribution in [2.45, 2.75) is 6.54 Å². The Kier molecular flexibility index (Phi) is 5.14. The third kappa shape index (κ3) is 4.34. The fraction of sp³-hybridized carbons (Fsp3) is 0.238.